The van der Waals surface area contributed by atoms with E-state index in [2.05, 4.69) is 6.26 Å². The van der Waals surface area contributed by atoms with E-state index in [1.54, 1.807) is 11.8 Å². The van der Waals surface area contributed by atoms with Crippen LogP contribution in [0, 0.1) is 0 Å². The van der Waals surface area contributed by atoms with Crippen LogP contribution in [0.1, 0.15) is 19.8 Å². The molecule has 0 saturated carbocycles. The van der Waals surface area contributed by atoms with Gasteiger partial charge in [0, 0.05) is 5.25 Å². The lowest BCUT2D eigenvalue weighted by molar-refractivity contribution is -0.136. The van der Waals surface area contributed by atoms with Gasteiger partial charge in [0.2, 0.25) is 0 Å². The van der Waals surface area contributed by atoms with Crippen LogP contribution < -0.4 is 0 Å². The molecule has 1 atom stereocenters. The van der Waals surface area contributed by atoms with Gasteiger partial charge >= 0.3 is 5.97 Å². The quantitative estimate of drug-likeness (QED) is 0.652. The van der Waals surface area contributed by atoms with Crippen LogP contribution in [-0.2, 0) is 4.79 Å². The van der Waals surface area contributed by atoms with Gasteiger partial charge in [0.15, 0.2) is 0 Å². The summed E-state index contributed by atoms with van der Waals surface area (Å²) >= 11 is 3.59. The van der Waals surface area contributed by atoms with Gasteiger partial charge in [-0.25, -0.2) is 0 Å². The van der Waals surface area contributed by atoms with Crippen LogP contribution in [0.25, 0.3) is 0 Å². The third-order valence-corrected chi connectivity index (χ3v) is 3.31. The molecule has 0 bridgehead atoms. The highest BCUT2D eigenvalue weighted by Crippen LogP contribution is 2.15. The molecule has 0 amide bonds. The molecular weight excluding hydrogens is 192 g/mol. The standard InChI is InChI=1S/C8H16O2S2/c1-7(6-8(9)10)12-5-3-4-11-2/h7H,3-6H2,1-2H3,(H,9,10). The second kappa shape index (κ2) is 7.80. The Hall–Kier alpha value is 0.170. The summed E-state index contributed by atoms with van der Waals surface area (Å²) in [5.74, 6) is 1.56. The first-order chi connectivity index (χ1) is 5.66. The topological polar surface area (TPSA) is 37.3 Å². The van der Waals surface area contributed by atoms with Gasteiger partial charge in [-0.2, -0.15) is 23.5 Å². The summed E-state index contributed by atoms with van der Waals surface area (Å²) in [6, 6.07) is 0. The fourth-order valence-corrected chi connectivity index (χ4v) is 2.38. The summed E-state index contributed by atoms with van der Waals surface area (Å²) in [4.78, 5) is 10.3. The SMILES string of the molecule is CSCCCSC(C)CC(=O)O. The summed E-state index contributed by atoms with van der Waals surface area (Å²) in [7, 11) is 0. The number of hydrogen-bond donors (Lipinski definition) is 1. The van der Waals surface area contributed by atoms with E-state index < -0.39 is 5.97 Å². The van der Waals surface area contributed by atoms with Crippen molar-refractivity contribution in [2.45, 2.75) is 25.0 Å². The fourth-order valence-electron chi connectivity index (χ4n) is 0.793. The lowest BCUT2D eigenvalue weighted by Crippen LogP contribution is -2.06. The monoisotopic (exact) mass is 208 g/mol. The average molecular weight is 208 g/mol. The van der Waals surface area contributed by atoms with Crippen LogP contribution >= 0.6 is 23.5 Å². The Labute approximate surface area is 82.5 Å². The summed E-state index contributed by atoms with van der Waals surface area (Å²) in [6.45, 7) is 1.97. The predicted octanol–water partition coefficient (Wildman–Crippen LogP) is 2.34. The van der Waals surface area contributed by atoms with Crippen LogP contribution in [0.2, 0.25) is 0 Å². The van der Waals surface area contributed by atoms with Gasteiger partial charge in [-0.05, 0) is 24.2 Å². The molecule has 2 nitrogen and oxygen atoms in total. The van der Waals surface area contributed by atoms with Crippen LogP contribution in [0.3, 0.4) is 0 Å². The Morgan fingerprint density at radius 3 is 2.67 bits per heavy atom. The first-order valence-electron chi connectivity index (χ1n) is 3.99. The third kappa shape index (κ3) is 8.27. The van der Waals surface area contributed by atoms with Gasteiger partial charge in [-0.1, -0.05) is 6.92 Å². The van der Waals surface area contributed by atoms with Crippen molar-refractivity contribution in [2.24, 2.45) is 0 Å². The second-order valence-electron chi connectivity index (χ2n) is 2.63. The fraction of sp³-hybridized carbons (Fsp3) is 0.875. The molecule has 0 rings (SSSR count). The van der Waals surface area contributed by atoms with Gasteiger partial charge in [-0.15, -0.1) is 0 Å². The largest absolute Gasteiger partial charge is 0.481 e. The minimum atomic E-state index is -0.695. The van der Waals surface area contributed by atoms with Crippen LogP contribution in [-0.4, -0.2) is 34.1 Å². The van der Waals surface area contributed by atoms with Crippen molar-refractivity contribution in [1.29, 1.82) is 0 Å². The van der Waals surface area contributed by atoms with Crippen LogP contribution in [0.5, 0.6) is 0 Å². The maximum Gasteiger partial charge on any atom is 0.304 e. The molecule has 1 unspecified atom stereocenters. The van der Waals surface area contributed by atoms with E-state index in [1.165, 1.54) is 12.2 Å². The smallest absolute Gasteiger partial charge is 0.304 e. The Balaban J connectivity index is 3.19. The van der Waals surface area contributed by atoms with E-state index in [4.69, 9.17) is 5.11 Å². The predicted molar refractivity (Wildman–Crippen MR) is 57.2 cm³/mol. The molecule has 0 aliphatic heterocycles. The lowest BCUT2D eigenvalue weighted by Gasteiger charge is -2.06. The molecule has 72 valence electrons. The van der Waals surface area contributed by atoms with Gasteiger partial charge in [0.05, 0.1) is 6.42 Å². The van der Waals surface area contributed by atoms with Crippen molar-refractivity contribution in [3.8, 4) is 0 Å². The van der Waals surface area contributed by atoms with Gasteiger partial charge in [0.1, 0.15) is 0 Å². The van der Waals surface area contributed by atoms with Gasteiger partial charge in [-0.3, -0.25) is 4.79 Å². The molecule has 0 aromatic carbocycles. The lowest BCUT2D eigenvalue weighted by atomic mass is 10.3. The highest BCUT2D eigenvalue weighted by Gasteiger charge is 2.06. The summed E-state index contributed by atoms with van der Waals surface area (Å²) in [5, 5.41) is 8.72. The maximum atomic E-state index is 10.3. The van der Waals surface area contributed by atoms with E-state index in [0.717, 1.165) is 5.75 Å². The molecule has 0 aliphatic rings. The highest BCUT2D eigenvalue weighted by atomic mass is 32.2. The highest BCUT2D eigenvalue weighted by molar-refractivity contribution is 8.00. The van der Waals surface area contributed by atoms with E-state index in [1.807, 2.05) is 18.7 Å². The van der Waals surface area contributed by atoms with E-state index in [-0.39, 0.29) is 11.7 Å². The Morgan fingerprint density at radius 2 is 2.17 bits per heavy atom. The van der Waals surface area contributed by atoms with Crippen molar-refractivity contribution in [3.63, 3.8) is 0 Å². The summed E-state index contributed by atoms with van der Waals surface area (Å²) in [6.07, 6.45) is 3.55. The number of carbonyl (C=O) groups is 1. The molecule has 12 heavy (non-hydrogen) atoms. The molecule has 0 aromatic rings. The van der Waals surface area contributed by atoms with E-state index >= 15 is 0 Å². The first kappa shape index (κ1) is 12.2. The van der Waals surface area contributed by atoms with Crippen molar-refractivity contribution in [1.82, 2.24) is 0 Å². The number of rotatable bonds is 7. The average Bonchev–Trinajstić information content (AvgIpc) is 1.97. The minimum Gasteiger partial charge on any atom is -0.481 e. The van der Waals surface area contributed by atoms with Crippen molar-refractivity contribution in [3.05, 3.63) is 0 Å². The molecule has 0 spiro atoms. The molecule has 0 fully saturated rings. The Morgan fingerprint density at radius 1 is 1.50 bits per heavy atom. The van der Waals surface area contributed by atoms with Crippen molar-refractivity contribution >= 4 is 29.5 Å². The molecule has 4 heteroatoms. The maximum absolute atomic E-state index is 10.3. The zero-order chi connectivity index (χ0) is 9.40. The van der Waals surface area contributed by atoms with Crippen molar-refractivity contribution in [2.75, 3.05) is 17.8 Å². The number of carboxylic acids is 1. The Kier molecular flexibility index (Phi) is 7.91. The molecule has 0 saturated heterocycles. The molecule has 0 aliphatic carbocycles. The zero-order valence-electron chi connectivity index (χ0n) is 7.58. The summed E-state index contributed by atoms with van der Waals surface area (Å²) in [5.41, 5.74) is 0. The van der Waals surface area contributed by atoms with E-state index in [0.29, 0.717) is 0 Å². The van der Waals surface area contributed by atoms with Crippen LogP contribution in [0.15, 0.2) is 0 Å². The minimum absolute atomic E-state index is 0.254. The van der Waals surface area contributed by atoms with Crippen molar-refractivity contribution < 1.29 is 9.90 Å². The number of hydrogen-bond acceptors (Lipinski definition) is 3. The summed E-state index contributed by atoms with van der Waals surface area (Å²) < 4.78 is 0. The third-order valence-electron chi connectivity index (χ3n) is 1.36. The normalized spacial score (nSPS) is 12.8. The van der Waals surface area contributed by atoms with Gasteiger partial charge < -0.3 is 5.11 Å². The number of thioether (sulfide) groups is 2. The number of carboxylic acid groups (broad SMARTS) is 1. The molecule has 0 aromatic heterocycles. The molecule has 0 heterocycles. The molecular formula is C8H16O2S2. The van der Waals surface area contributed by atoms with E-state index in [9.17, 15) is 4.79 Å². The first-order valence-corrected chi connectivity index (χ1v) is 6.43. The van der Waals surface area contributed by atoms with Crippen LogP contribution in [0.4, 0.5) is 0 Å². The molecule has 1 N–H and O–H groups in total. The Bertz CT molecular complexity index is 128. The number of aliphatic carboxylic acids is 1. The van der Waals surface area contributed by atoms with Gasteiger partial charge in [0.25, 0.3) is 0 Å². The zero-order valence-corrected chi connectivity index (χ0v) is 9.21. The second-order valence-corrected chi connectivity index (χ2v) is 5.16. The molecule has 0 radical (unpaired) electrons.